The summed E-state index contributed by atoms with van der Waals surface area (Å²) in [7, 11) is 0. The second-order valence-electron chi connectivity index (χ2n) is 4.96. The minimum atomic E-state index is -0.366. The highest BCUT2D eigenvalue weighted by Gasteiger charge is 2.14. The first-order valence-corrected chi connectivity index (χ1v) is 7.00. The van der Waals surface area contributed by atoms with Gasteiger partial charge in [0, 0.05) is 30.5 Å². The molecule has 1 aromatic carbocycles. The SMILES string of the molecule is N=C(c1cccc(N2CCOCC2)c1)n1c(O)nccc1=N. The quantitative estimate of drug-likeness (QED) is 0.563. The number of nitrogens with zero attached hydrogens (tertiary/aromatic N) is 3. The van der Waals surface area contributed by atoms with Crippen LogP contribution in [0.25, 0.3) is 0 Å². The zero-order valence-electron chi connectivity index (χ0n) is 12.0. The summed E-state index contributed by atoms with van der Waals surface area (Å²) in [6, 6.07) is 8.58. The van der Waals surface area contributed by atoms with Crippen LogP contribution in [0.3, 0.4) is 0 Å². The molecule has 1 aliphatic heterocycles. The van der Waals surface area contributed by atoms with Crippen molar-refractivity contribution in [1.82, 2.24) is 9.55 Å². The highest BCUT2D eigenvalue weighted by Crippen LogP contribution is 2.18. The van der Waals surface area contributed by atoms with E-state index in [4.69, 9.17) is 15.6 Å². The van der Waals surface area contributed by atoms with Crippen molar-refractivity contribution in [3.63, 3.8) is 0 Å². The van der Waals surface area contributed by atoms with Crippen molar-refractivity contribution in [1.29, 1.82) is 10.8 Å². The van der Waals surface area contributed by atoms with E-state index >= 15 is 0 Å². The molecule has 2 aromatic rings. The Labute approximate surface area is 127 Å². The van der Waals surface area contributed by atoms with Crippen LogP contribution in [0.2, 0.25) is 0 Å². The molecule has 0 aliphatic carbocycles. The molecular formula is C15H17N5O2. The lowest BCUT2D eigenvalue weighted by Crippen LogP contribution is -2.36. The van der Waals surface area contributed by atoms with E-state index in [0.29, 0.717) is 18.8 Å². The van der Waals surface area contributed by atoms with Gasteiger partial charge >= 0.3 is 6.01 Å². The minimum absolute atomic E-state index is 0.00859. The third kappa shape index (κ3) is 2.71. The highest BCUT2D eigenvalue weighted by molar-refractivity contribution is 5.99. The third-order valence-electron chi connectivity index (χ3n) is 3.58. The van der Waals surface area contributed by atoms with Crippen molar-refractivity contribution in [2.24, 2.45) is 0 Å². The lowest BCUT2D eigenvalue weighted by molar-refractivity contribution is 0.122. The van der Waals surface area contributed by atoms with Gasteiger partial charge in [0.15, 0.2) is 0 Å². The van der Waals surface area contributed by atoms with Crippen molar-refractivity contribution in [3.8, 4) is 6.01 Å². The van der Waals surface area contributed by atoms with Crippen LogP contribution in [-0.2, 0) is 4.74 Å². The largest absolute Gasteiger partial charge is 0.480 e. The minimum Gasteiger partial charge on any atom is -0.480 e. The zero-order chi connectivity index (χ0) is 15.5. The van der Waals surface area contributed by atoms with Crippen LogP contribution < -0.4 is 10.4 Å². The standard InChI is InChI=1S/C15H17N5O2/c16-13-4-5-18-15(21)20(13)14(17)11-2-1-3-12(10-11)19-6-8-22-9-7-19/h1-5,10,16-17H,6-9H2,(H,18,21). The van der Waals surface area contributed by atoms with Crippen LogP contribution in [0.4, 0.5) is 5.69 Å². The Morgan fingerprint density at radius 3 is 2.73 bits per heavy atom. The first-order chi connectivity index (χ1) is 10.7. The number of rotatable bonds is 2. The van der Waals surface area contributed by atoms with E-state index in [1.807, 2.05) is 18.2 Å². The molecule has 3 rings (SSSR count). The van der Waals surface area contributed by atoms with E-state index < -0.39 is 0 Å². The van der Waals surface area contributed by atoms with E-state index in [9.17, 15) is 5.11 Å². The van der Waals surface area contributed by atoms with Gasteiger partial charge in [0.1, 0.15) is 11.3 Å². The second kappa shape index (κ2) is 5.98. The first kappa shape index (κ1) is 14.3. The van der Waals surface area contributed by atoms with Crippen molar-refractivity contribution >= 4 is 11.5 Å². The van der Waals surface area contributed by atoms with E-state index in [0.717, 1.165) is 23.3 Å². The monoisotopic (exact) mass is 299 g/mol. The fourth-order valence-corrected chi connectivity index (χ4v) is 2.44. The van der Waals surface area contributed by atoms with Crippen molar-refractivity contribution in [2.45, 2.75) is 0 Å². The molecule has 0 saturated carbocycles. The van der Waals surface area contributed by atoms with Crippen molar-refractivity contribution in [2.75, 3.05) is 31.2 Å². The summed E-state index contributed by atoms with van der Waals surface area (Å²) in [5.74, 6) is 0.0192. The molecule has 22 heavy (non-hydrogen) atoms. The Kier molecular flexibility index (Phi) is 3.88. The molecule has 0 amide bonds. The van der Waals surface area contributed by atoms with Gasteiger partial charge in [0.25, 0.3) is 0 Å². The molecule has 0 spiro atoms. The Hall–Kier alpha value is -2.67. The number of ether oxygens (including phenoxy) is 1. The van der Waals surface area contributed by atoms with Gasteiger partial charge in [-0.25, -0.2) is 9.55 Å². The van der Waals surface area contributed by atoms with Gasteiger partial charge in [-0.1, -0.05) is 12.1 Å². The molecule has 7 heteroatoms. The Balaban J connectivity index is 1.95. The lowest BCUT2D eigenvalue weighted by Gasteiger charge is -2.29. The fourth-order valence-electron chi connectivity index (χ4n) is 2.44. The molecule has 1 fully saturated rings. The smallest absolute Gasteiger partial charge is 0.301 e. The average molecular weight is 299 g/mol. The second-order valence-corrected chi connectivity index (χ2v) is 4.96. The maximum Gasteiger partial charge on any atom is 0.301 e. The molecule has 0 unspecified atom stereocenters. The summed E-state index contributed by atoms with van der Waals surface area (Å²) in [5, 5.41) is 25.9. The molecule has 0 radical (unpaired) electrons. The van der Waals surface area contributed by atoms with Crippen LogP contribution in [0.1, 0.15) is 5.56 Å². The molecule has 7 nitrogen and oxygen atoms in total. The van der Waals surface area contributed by atoms with E-state index in [1.54, 1.807) is 6.07 Å². The number of benzene rings is 1. The van der Waals surface area contributed by atoms with Gasteiger partial charge in [-0.05, 0) is 18.2 Å². The maximum atomic E-state index is 9.81. The number of anilines is 1. The number of hydrogen-bond acceptors (Lipinski definition) is 6. The number of morpholine rings is 1. The number of nitrogens with one attached hydrogen (secondary N) is 2. The summed E-state index contributed by atoms with van der Waals surface area (Å²) < 4.78 is 6.44. The van der Waals surface area contributed by atoms with Crippen LogP contribution >= 0.6 is 0 Å². The maximum absolute atomic E-state index is 9.81. The molecule has 3 N–H and O–H groups in total. The fraction of sp³-hybridized carbons (Fsp3) is 0.267. The first-order valence-electron chi connectivity index (χ1n) is 7.00. The highest BCUT2D eigenvalue weighted by atomic mass is 16.5. The molecule has 1 saturated heterocycles. The molecule has 1 aromatic heterocycles. The molecule has 0 bridgehead atoms. The van der Waals surface area contributed by atoms with Gasteiger partial charge < -0.3 is 14.7 Å². The summed E-state index contributed by atoms with van der Waals surface area (Å²) in [6.07, 6.45) is 1.34. The van der Waals surface area contributed by atoms with Gasteiger partial charge in [0.05, 0.1) is 13.2 Å². The Morgan fingerprint density at radius 2 is 2.00 bits per heavy atom. The molecule has 2 heterocycles. The zero-order valence-corrected chi connectivity index (χ0v) is 12.0. The summed E-state index contributed by atoms with van der Waals surface area (Å²) in [5.41, 5.74) is 1.63. The van der Waals surface area contributed by atoms with Gasteiger partial charge in [-0.3, -0.25) is 10.8 Å². The topological polar surface area (TPSA) is 98.2 Å². The lowest BCUT2D eigenvalue weighted by atomic mass is 10.1. The van der Waals surface area contributed by atoms with Crippen molar-refractivity contribution < 1.29 is 9.84 Å². The number of aromatic nitrogens is 2. The van der Waals surface area contributed by atoms with E-state index in [2.05, 4.69) is 9.88 Å². The van der Waals surface area contributed by atoms with Crippen LogP contribution in [0, 0.1) is 10.8 Å². The van der Waals surface area contributed by atoms with Gasteiger partial charge in [-0.2, -0.15) is 0 Å². The number of hydrogen-bond donors (Lipinski definition) is 3. The Morgan fingerprint density at radius 1 is 1.23 bits per heavy atom. The molecular weight excluding hydrogens is 282 g/mol. The van der Waals surface area contributed by atoms with E-state index in [1.165, 1.54) is 12.3 Å². The van der Waals surface area contributed by atoms with Gasteiger partial charge in [-0.15, -0.1) is 0 Å². The predicted octanol–water partition coefficient (Wildman–Crippen LogP) is 0.778. The van der Waals surface area contributed by atoms with Crippen molar-refractivity contribution in [3.05, 3.63) is 47.6 Å². The van der Waals surface area contributed by atoms with Gasteiger partial charge in [0.2, 0.25) is 0 Å². The molecule has 114 valence electrons. The predicted molar refractivity (Wildman–Crippen MR) is 81.4 cm³/mol. The normalized spacial score (nSPS) is 14.8. The average Bonchev–Trinajstić information content (AvgIpc) is 2.55. The van der Waals surface area contributed by atoms with Crippen LogP contribution in [-0.4, -0.2) is 46.8 Å². The summed E-state index contributed by atoms with van der Waals surface area (Å²) in [6.45, 7) is 3.00. The third-order valence-corrected chi connectivity index (χ3v) is 3.58. The van der Waals surface area contributed by atoms with Crippen LogP contribution in [0.15, 0.2) is 36.5 Å². The van der Waals surface area contributed by atoms with E-state index in [-0.39, 0.29) is 17.3 Å². The summed E-state index contributed by atoms with van der Waals surface area (Å²) >= 11 is 0. The molecule has 1 aliphatic rings. The summed E-state index contributed by atoms with van der Waals surface area (Å²) in [4.78, 5) is 5.92. The van der Waals surface area contributed by atoms with Crippen LogP contribution in [0.5, 0.6) is 6.01 Å². The Bertz CT molecular complexity index is 750. The molecule has 0 atom stereocenters. The number of aromatic hydroxyl groups is 1.